The first-order valence-electron chi connectivity index (χ1n) is 22.4. The molecule has 0 spiro atoms. The third kappa shape index (κ3) is 16.7. The highest BCUT2D eigenvalue weighted by Crippen LogP contribution is 2.33. The molecule has 2 aromatic heterocycles. The molecule has 2 aliphatic heterocycles. The summed E-state index contributed by atoms with van der Waals surface area (Å²) in [6.07, 6.45) is -1.30. The molecule has 21 heteroatoms. The van der Waals surface area contributed by atoms with E-state index in [4.69, 9.17) is 58.1 Å². The highest BCUT2D eigenvalue weighted by Gasteiger charge is 2.38. The minimum Gasteiger partial charge on any atom is -0.475 e. The molecule has 0 unspecified atom stereocenters. The van der Waals surface area contributed by atoms with Gasteiger partial charge in [0, 0.05) is 60.2 Å². The Morgan fingerprint density at radius 2 is 1.08 bits per heavy atom. The van der Waals surface area contributed by atoms with E-state index in [1.165, 1.54) is 17.7 Å². The van der Waals surface area contributed by atoms with Crippen LogP contribution in [-0.4, -0.2) is 89.3 Å². The second-order valence-corrected chi connectivity index (χ2v) is 18.3. The first-order chi connectivity index (χ1) is 33.5. The van der Waals surface area contributed by atoms with Crippen molar-refractivity contribution in [3.05, 3.63) is 119 Å². The number of carbonyl (C=O) groups excluding carboxylic acids is 3. The number of aliphatic carboxylic acids is 1. The lowest BCUT2D eigenvalue weighted by molar-refractivity contribution is -0.192. The zero-order chi connectivity index (χ0) is 52.0. The lowest BCUT2D eigenvalue weighted by atomic mass is 10.0. The van der Waals surface area contributed by atoms with E-state index in [-0.39, 0.29) is 28.1 Å². The second kappa shape index (κ2) is 25.2. The molecule has 71 heavy (non-hydrogen) atoms. The number of hydrogen-bond acceptors (Lipinski definition) is 10. The first kappa shape index (κ1) is 55.7. The number of alkyl halides is 5. The van der Waals surface area contributed by atoms with Crippen LogP contribution in [0.25, 0.3) is 44.6 Å². The Kier molecular flexibility index (Phi) is 19.8. The smallest absolute Gasteiger partial charge is 0.475 e. The van der Waals surface area contributed by atoms with Crippen molar-refractivity contribution < 1.29 is 59.8 Å². The zero-order valence-electron chi connectivity index (χ0n) is 39.1. The highest BCUT2D eigenvalue weighted by atomic mass is 35.5. The highest BCUT2D eigenvalue weighted by molar-refractivity contribution is 6.40. The van der Waals surface area contributed by atoms with Crippen LogP contribution < -0.4 is 27.4 Å². The van der Waals surface area contributed by atoms with Crippen LogP contribution in [-0.2, 0) is 22.6 Å². The van der Waals surface area contributed by atoms with E-state index < -0.39 is 41.2 Å². The Morgan fingerprint density at radius 3 is 1.44 bits per heavy atom. The maximum Gasteiger partial charge on any atom is 0.490 e. The van der Waals surface area contributed by atoms with Crippen LogP contribution in [0.3, 0.4) is 0 Å². The van der Waals surface area contributed by atoms with Crippen molar-refractivity contribution >= 4 is 69.0 Å². The quantitative estimate of drug-likeness (QED) is 0.0561. The molecule has 2 fully saturated rings. The van der Waals surface area contributed by atoms with Crippen molar-refractivity contribution in [3.8, 4) is 22.6 Å². The fourth-order valence-electron chi connectivity index (χ4n) is 7.60. The largest absolute Gasteiger partial charge is 0.490 e. The van der Waals surface area contributed by atoms with Crippen LogP contribution in [0.4, 0.5) is 26.7 Å². The van der Waals surface area contributed by atoms with E-state index >= 15 is 0 Å². The number of piperidine rings is 2. The summed E-state index contributed by atoms with van der Waals surface area (Å²) < 4.78 is 76.3. The van der Waals surface area contributed by atoms with Crippen LogP contribution in [0.1, 0.15) is 78.3 Å². The Morgan fingerprint density at radius 1 is 0.704 bits per heavy atom. The predicted molar refractivity (Wildman–Crippen MR) is 261 cm³/mol. The molecule has 8 rings (SSSR count). The van der Waals surface area contributed by atoms with Crippen molar-refractivity contribution in [3.63, 3.8) is 0 Å². The van der Waals surface area contributed by atoms with Gasteiger partial charge in [0.05, 0.1) is 16.5 Å². The molecule has 4 heterocycles. The summed E-state index contributed by atoms with van der Waals surface area (Å²) in [6, 6.07) is 25.1. The van der Waals surface area contributed by atoms with Crippen LogP contribution in [0, 0.1) is 11.6 Å². The summed E-state index contributed by atoms with van der Waals surface area (Å²) in [7, 11) is 0. The average molecular weight is 1030 g/mol. The van der Waals surface area contributed by atoms with Gasteiger partial charge >= 0.3 is 18.2 Å². The Balaban J connectivity index is 0.000000226. The van der Waals surface area contributed by atoms with Gasteiger partial charge in [-0.1, -0.05) is 48.5 Å². The van der Waals surface area contributed by atoms with Gasteiger partial charge in [-0.15, -0.1) is 23.2 Å². The molecule has 0 aliphatic carbocycles. The van der Waals surface area contributed by atoms with Gasteiger partial charge in [-0.3, -0.25) is 9.59 Å². The maximum absolute atomic E-state index is 13.8. The summed E-state index contributed by atoms with van der Waals surface area (Å²) in [5.41, 5.74) is 14.9. The van der Waals surface area contributed by atoms with Gasteiger partial charge in [0.15, 0.2) is 0 Å². The molecular weight excluding hydrogens is 978 g/mol. The summed E-state index contributed by atoms with van der Waals surface area (Å²) in [4.78, 5) is 46.0. The van der Waals surface area contributed by atoms with E-state index in [1.54, 1.807) is 17.0 Å². The van der Waals surface area contributed by atoms with Gasteiger partial charge in [-0.05, 0) is 107 Å². The zero-order valence-corrected chi connectivity index (χ0v) is 40.6. The van der Waals surface area contributed by atoms with Crippen molar-refractivity contribution in [2.45, 2.75) is 83.4 Å². The van der Waals surface area contributed by atoms with Crippen molar-refractivity contribution in [1.29, 1.82) is 0 Å². The van der Waals surface area contributed by atoms with Crippen LogP contribution in [0.15, 0.2) is 93.8 Å². The van der Waals surface area contributed by atoms with Gasteiger partial charge < -0.3 is 51.0 Å². The monoisotopic (exact) mass is 1030 g/mol. The van der Waals surface area contributed by atoms with Gasteiger partial charge in [0.25, 0.3) is 11.8 Å². The Labute approximate surface area is 416 Å². The minimum atomic E-state index is -5.08. The molecule has 6 aromatic rings. The summed E-state index contributed by atoms with van der Waals surface area (Å²) in [6.45, 7) is 10.6. The number of carbonyl (C=O) groups is 4. The molecule has 8 N–H and O–H groups in total. The molecule has 2 saturated heterocycles. The van der Waals surface area contributed by atoms with Gasteiger partial charge in [0.1, 0.15) is 39.9 Å². The molecule has 2 aliphatic rings. The normalized spacial score (nSPS) is 14.4. The SMILES string of the molecule is CC(C)(C)OC(=O)N1CCC(NCc2ccc(-c3cc4cc(F)cc(C(N)=O)c4o3)cc2)CC1.ClCCl.NC(=O)c1cc(F)cc2cc(-c3ccc(CNC4CCNCC4)cc3)oc12.O=C(O)C(F)(F)F. The Hall–Kier alpha value is -6.25. The third-order valence-corrected chi connectivity index (χ3v) is 11.1. The van der Waals surface area contributed by atoms with E-state index in [1.807, 2.05) is 69.3 Å². The summed E-state index contributed by atoms with van der Waals surface area (Å²) in [5, 5.41) is 18.8. The number of likely N-dealkylation sites (tertiary alicyclic amines) is 1. The number of nitrogens with one attached hydrogen (secondary N) is 3. The van der Waals surface area contributed by atoms with E-state index in [0.29, 0.717) is 59.6 Å². The van der Waals surface area contributed by atoms with Crippen LogP contribution in [0.2, 0.25) is 0 Å². The van der Waals surface area contributed by atoms with Gasteiger partial charge in [-0.25, -0.2) is 18.4 Å². The molecule has 382 valence electrons. The second-order valence-electron chi connectivity index (χ2n) is 17.5. The maximum atomic E-state index is 13.8. The summed E-state index contributed by atoms with van der Waals surface area (Å²) in [5.74, 6) is -4.13. The van der Waals surface area contributed by atoms with Gasteiger partial charge in [-0.2, -0.15) is 13.2 Å². The Bertz CT molecular complexity index is 2750. The average Bonchev–Trinajstić information content (AvgIpc) is 3.95. The molecule has 14 nitrogen and oxygen atoms in total. The number of halogens is 7. The molecule has 0 radical (unpaired) electrons. The number of fused-ring (bicyclic) bond motifs is 2. The molecule has 3 amide bonds. The lowest BCUT2D eigenvalue weighted by Gasteiger charge is -2.33. The fraction of sp³-hybridized carbons (Fsp3) is 0.360. The van der Waals surface area contributed by atoms with E-state index in [2.05, 4.69) is 16.0 Å². The minimum absolute atomic E-state index is 0.0276. The van der Waals surface area contributed by atoms with Crippen LogP contribution >= 0.6 is 23.2 Å². The number of primary amides is 2. The van der Waals surface area contributed by atoms with Crippen LogP contribution in [0.5, 0.6) is 0 Å². The van der Waals surface area contributed by atoms with Crippen molar-refractivity contribution in [2.24, 2.45) is 11.5 Å². The number of furan rings is 2. The van der Waals surface area contributed by atoms with Gasteiger partial charge in [0.2, 0.25) is 0 Å². The number of hydrogen-bond donors (Lipinski definition) is 6. The molecule has 4 aromatic carbocycles. The first-order valence-corrected chi connectivity index (χ1v) is 23.4. The standard InChI is InChI=1S/C26H30FN3O4.C21H22FN3O2.C2HF3O2.CH2Cl2/c1-26(2,3)34-25(32)30-10-8-20(9-11-30)29-15-16-4-6-17(7-5-16)22-13-18-12-19(27)14-21(24(28)31)23(18)33-22;22-16-9-15-10-19(27-20(15)18(11-16)21(23)26)14-3-1-13(2-4-14)12-25-17-5-7-24-8-6-17;3-2(4,5)1(6)7;2-1-3/h4-7,12-14,20,29H,8-11,15H2,1-3H3,(H2,28,31);1-4,9-11,17,24-25H,5-8,12H2,(H2,23,26);(H,6,7);1H2. The third-order valence-electron chi connectivity index (χ3n) is 11.1. The fourth-order valence-corrected chi connectivity index (χ4v) is 7.60. The van der Waals surface area contributed by atoms with E-state index in [0.717, 1.165) is 74.1 Å². The summed E-state index contributed by atoms with van der Waals surface area (Å²) >= 11 is 9.53. The van der Waals surface area contributed by atoms with Crippen molar-refractivity contribution in [2.75, 3.05) is 31.5 Å². The lowest BCUT2D eigenvalue weighted by Crippen LogP contribution is -2.46. The number of amides is 3. The topological polar surface area (TPSA) is 215 Å². The molecule has 0 saturated carbocycles. The molecule has 0 atom stereocenters. The molecule has 0 bridgehead atoms. The predicted octanol–water partition coefficient (Wildman–Crippen LogP) is 10.1. The number of nitrogens with two attached hydrogens (primary N) is 2. The molecular formula is C50H55Cl2F5N6O8. The van der Waals surface area contributed by atoms with E-state index in [9.17, 15) is 36.3 Å². The number of ether oxygens (including phenoxy) is 1. The number of carboxylic acids is 1. The van der Waals surface area contributed by atoms with Crippen molar-refractivity contribution in [1.82, 2.24) is 20.9 Å². The number of benzene rings is 4. The number of rotatable bonds is 10. The number of carboxylic acid groups (broad SMARTS) is 1. The number of nitrogens with zero attached hydrogens (tertiary/aromatic N) is 1.